The second kappa shape index (κ2) is 16.4. The average Bonchev–Trinajstić information content (AvgIpc) is 2.70. The van der Waals surface area contributed by atoms with Gasteiger partial charge in [-0.05, 0) is 48.3 Å². The van der Waals surface area contributed by atoms with E-state index in [1.54, 1.807) is 0 Å². The Morgan fingerprint density at radius 3 is 1.19 bits per heavy atom. The third kappa shape index (κ3) is 12.8. The van der Waals surface area contributed by atoms with Crippen molar-refractivity contribution in [1.82, 2.24) is 0 Å². The van der Waals surface area contributed by atoms with Crippen molar-refractivity contribution >= 4 is 0 Å². The topological polar surface area (TPSA) is 0 Å². The van der Waals surface area contributed by atoms with Gasteiger partial charge in [0.1, 0.15) is 0 Å². The summed E-state index contributed by atoms with van der Waals surface area (Å²) in [5.41, 5.74) is 6.96. The first-order valence-electron chi connectivity index (χ1n) is 10.9. The van der Waals surface area contributed by atoms with Crippen LogP contribution in [0, 0.1) is 13.8 Å². The lowest BCUT2D eigenvalue weighted by Crippen LogP contribution is -1.86. The maximum Gasteiger partial charge on any atom is -0.0219 e. The molecule has 0 spiro atoms. The maximum absolute atomic E-state index is 2.24. The van der Waals surface area contributed by atoms with Gasteiger partial charge in [0.15, 0.2) is 0 Å². The first kappa shape index (κ1) is 30.9. The molecule has 0 aliphatic rings. The number of hydrogen-bond donors (Lipinski definition) is 0. The molecule has 0 heterocycles. The molecule has 0 nitrogen and oxygen atoms in total. The number of hydrogen-bond acceptors (Lipinski definition) is 0. The lowest BCUT2D eigenvalue weighted by molar-refractivity contribution is 0.865. The van der Waals surface area contributed by atoms with Gasteiger partial charge in [-0.2, -0.15) is 0 Å². The van der Waals surface area contributed by atoms with E-state index in [9.17, 15) is 0 Å². The highest BCUT2D eigenvalue weighted by Gasteiger charge is 1.97. The monoisotopic (exact) mass is 420 g/mol. The van der Waals surface area contributed by atoms with Gasteiger partial charge in [0.25, 0.3) is 0 Å². The fourth-order valence-corrected chi connectivity index (χ4v) is 2.82. The number of rotatable bonds is 3. The molecular formula is C31H48. The molecule has 0 N–H and O–H groups in total. The summed E-state index contributed by atoms with van der Waals surface area (Å²) in [6, 6.07) is 27.9. The molecule has 0 atom stereocenters. The third-order valence-corrected chi connectivity index (χ3v) is 4.92. The van der Waals surface area contributed by atoms with Crippen LogP contribution < -0.4 is 0 Å². The second-order valence-corrected chi connectivity index (χ2v) is 8.70. The van der Waals surface area contributed by atoms with Crippen molar-refractivity contribution in [3.8, 4) is 0 Å². The quantitative estimate of drug-likeness (QED) is 0.395. The summed E-state index contributed by atoms with van der Waals surface area (Å²) in [6.07, 6.45) is 0. The molecule has 0 bridgehead atoms. The molecule has 3 rings (SSSR count). The normalized spacial score (nSPS) is 9.65. The van der Waals surface area contributed by atoms with Crippen molar-refractivity contribution in [3.63, 3.8) is 0 Å². The van der Waals surface area contributed by atoms with Crippen molar-refractivity contribution in [1.29, 1.82) is 0 Å². The van der Waals surface area contributed by atoms with E-state index >= 15 is 0 Å². The first-order chi connectivity index (χ1) is 13.7. The summed E-state index contributed by atoms with van der Waals surface area (Å²) in [5.74, 6) is 1.96. The van der Waals surface area contributed by atoms with Crippen molar-refractivity contribution in [2.24, 2.45) is 0 Å². The van der Waals surface area contributed by atoms with E-state index in [0.29, 0.717) is 17.8 Å². The molecule has 0 saturated carbocycles. The van der Waals surface area contributed by atoms with Crippen LogP contribution in [0.2, 0.25) is 0 Å². The molecule has 0 aliphatic carbocycles. The SMILES string of the molecule is C.C.CC(C)c1ccccc1.Cc1ccc(C(C)C)cc1.Cc1cccc(C(C)C)c1. The molecule has 0 saturated heterocycles. The second-order valence-electron chi connectivity index (χ2n) is 8.70. The first-order valence-corrected chi connectivity index (χ1v) is 10.9. The Balaban J connectivity index is 0. The highest BCUT2D eigenvalue weighted by Crippen LogP contribution is 2.15. The fraction of sp³-hybridized carbons (Fsp3) is 0.419. The highest BCUT2D eigenvalue weighted by molar-refractivity contribution is 5.24. The van der Waals surface area contributed by atoms with Crippen molar-refractivity contribution in [2.45, 2.75) is 88.0 Å². The van der Waals surface area contributed by atoms with Gasteiger partial charge in [0.05, 0.1) is 0 Å². The molecule has 0 aliphatic heterocycles. The standard InChI is InChI=1S/2C10H14.C9H12.2CH4/c1-8(2)10-6-4-9(3)5-7-10;1-8(2)10-6-4-5-9(3)7-10;1-8(2)9-6-4-3-5-7-9;;/h2*4-8H,1-3H3;3-8H,1-2H3;2*1H4. The van der Waals surface area contributed by atoms with Crippen LogP contribution in [0.15, 0.2) is 78.9 Å². The Morgan fingerprint density at radius 1 is 0.419 bits per heavy atom. The Morgan fingerprint density at radius 2 is 0.839 bits per heavy atom. The van der Waals surface area contributed by atoms with Gasteiger partial charge in [-0.1, -0.05) is 146 Å². The molecule has 0 radical (unpaired) electrons. The van der Waals surface area contributed by atoms with E-state index in [-0.39, 0.29) is 14.9 Å². The molecule has 3 aromatic rings. The molecule has 0 fully saturated rings. The van der Waals surface area contributed by atoms with Gasteiger partial charge < -0.3 is 0 Å². The minimum atomic E-state index is 0. The van der Waals surface area contributed by atoms with Crippen LogP contribution in [0.4, 0.5) is 0 Å². The summed E-state index contributed by atoms with van der Waals surface area (Å²) in [4.78, 5) is 0. The van der Waals surface area contributed by atoms with Crippen molar-refractivity contribution in [2.75, 3.05) is 0 Å². The smallest absolute Gasteiger partial charge is 0.0219 e. The van der Waals surface area contributed by atoms with E-state index in [0.717, 1.165) is 0 Å². The van der Waals surface area contributed by atoms with Crippen LogP contribution in [-0.4, -0.2) is 0 Å². The molecule has 3 aromatic carbocycles. The third-order valence-electron chi connectivity index (χ3n) is 4.92. The van der Waals surface area contributed by atoms with Gasteiger partial charge >= 0.3 is 0 Å². The zero-order chi connectivity index (χ0) is 21.8. The van der Waals surface area contributed by atoms with Gasteiger partial charge in [-0.25, -0.2) is 0 Å². The highest BCUT2D eigenvalue weighted by atomic mass is 14.0. The Bertz CT molecular complexity index is 793. The van der Waals surface area contributed by atoms with Crippen LogP contribution in [0.25, 0.3) is 0 Å². The molecule has 172 valence electrons. The lowest BCUT2D eigenvalue weighted by Gasteiger charge is -2.04. The summed E-state index contributed by atoms with van der Waals surface area (Å²) in [7, 11) is 0. The van der Waals surface area contributed by atoms with Crippen LogP contribution in [0.3, 0.4) is 0 Å². The minimum Gasteiger partial charge on any atom is -0.0776 e. The predicted octanol–water partition coefficient (Wildman–Crippen LogP) is 10.3. The Kier molecular flexibility index (Phi) is 16.3. The van der Waals surface area contributed by atoms with Gasteiger partial charge in [-0.3, -0.25) is 0 Å². The van der Waals surface area contributed by atoms with Gasteiger partial charge in [-0.15, -0.1) is 0 Å². The molecule has 0 heteroatoms. The predicted molar refractivity (Wildman–Crippen MR) is 145 cm³/mol. The zero-order valence-electron chi connectivity index (χ0n) is 19.7. The van der Waals surface area contributed by atoms with Crippen LogP contribution >= 0.6 is 0 Å². The maximum atomic E-state index is 2.24. The Hall–Kier alpha value is -2.34. The summed E-state index contributed by atoms with van der Waals surface area (Å²) in [5, 5.41) is 0. The molecule has 0 unspecified atom stereocenters. The molecule has 0 aromatic heterocycles. The van der Waals surface area contributed by atoms with Crippen molar-refractivity contribution in [3.05, 3.63) is 107 Å². The van der Waals surface area contributed by atoms with Gasteiger partial charge in [0.2, 0.25) is 0 Å². The van der Waals surface area contributed by atoms with Crippen molar-refractivity contribution < 1.29 is 0 Å². The summed E-state index contributed by atoms with van der Waals surface area (Å²) < 4.78 is 0. The largest absolute Gasteiger partial charge is 0.0776 e. The molecule has 31 heavy (non-hydrogen) atoms. The van der Waals surface area contributed by atoms with E-state index in [1.165, 1.54) is 27.8 Å². The zero-order valence-corrected chi connectivity index (χ0v) is 19.7. The Labute approximate surface area is 194 Å². The number of benzene rings is 3. The van der Waals surface area contributed by atoms with Crippen LogP contribution in [0.1, 0.15) is 102 Å². The van der Waals surface area contributed by atoms with Gasteiger partial charge in [0, 0.05) is 0 Å². The summed E-state index contributed by atoms with van der Waals surface area (Å²) >= 11 is 0. The number of aryl methyl sites for hydroxylation is 2. The van der Waals surface area contributed by atoms with Crippen LogP contribution in [-0.2, 0) is 0 Å². The average molecular weight is 421 g/mol. The van der Waals surface area contributed by atoms with E-state index in [4.69, 9.17) is 0 Å². The van der Waals surface area contributed by atoms with Crippen LogP contribution in [0.5, 0.6) is 0 Å². The lowest BCUT2D eigenvalue weighted by atomic mass is 10.0. The molecule has 0 amide bonds. The van der Waals surface area contributed by atoms with E-state index in [2.05, 4.69) is 128 Å². The minimum absolute atomic E-state index is 0. The fourth-order valence-electron chi connectivity index (χ4n) is 2.82. The molecular weight excluding hydrogens is 372 g/mol. The summed E-state index contributed by atoms with van der Waals surface area (Å²) in [6.45, 7) is 17.5. The van der Waals surface area contributed by atoms with E-state index in [1.807, 2.05) is 6.07 Å². The van der Waals surface area contributed by atoms with E-state index < -0.39 is 0 Å².